The second kappa shape index (κ2) is 8.75. The van der Waals surface area contributed by atoms with Gasteiger partial charge in [0.05, 0.1) is 28.2 Å². The second-order valence-electron chi connectivity index (χ2n) is 5.17. The SMILES string of the molecule is CCCCCNC(=O)c1cncc(Nc2cc(Cl)ccc2Cl)c1. The number of pyridine rings is 1. The molecule has 0 aliphatic rings. The Hall–Kier alpha value is -1.78. The van der Waals surface area contributed by atoms with Crippen LogP contribution >= 0.6 is 23.2 Å². The number of nitrogens with one attached hydrogen (secondary N) is 2. The number of amides is 1. The summed E-state index contributed by atoms with van der Waals surface area (Å²) in [5.74, 6) is -0.130. The summed E-state index contributed by atoms with van der Waals surface area (Å²) < 4.78 is 0. The van der Waals surface area contributed by atoms with Crippen molar-refractivity contribution in [1.82, 2.24) is 10.3 Å². The molecule has 1 amide bonds. The molecule has 1 heterocycles. The average Bonchev–Trinajstić information content (AvgIpc) is 2.55. The Morgan fingerprint density at radius 2 is 2.00 bits per heavy atom. The van der Waals surface area contributed by atoms with Gasteiger partial charge in [-0.2, -0.15) is 0 Å². The van der Waals surface area contributed by atoms with Crippen LogP contribution in [0.1, 0.15) is 36.5 Å². The summed E-state index contributed by atoms with van der Waals surface area (Å²) in [5.41, 5.74) is 1.85. The van der Waals surface area contributed by atoms with Crippen molar-refractivity contribution in [2.45, 2.75) is 26.2 Å². The Bertz CT molecular complexity index is 677. The number of carbonyl (C=O) groups excluding carboxylic acids is 1. The van der Waals surface area contributed by atoms with Gasteiger partial charge in [-0.15, -0.1) is 0 Å². The Kier molecular flexibility index (Phi) is 6.68. The molecule has 122 valence electrons. The molecule has 0 bridgehead atoms. The lowest BCUT2D eigenvalue weighted by molar-refractivity contribution is 0.0952. The fourth-order valence-corrected chi connectivity index (χ4v) is 2.40. The number of unbranched alkanes of at least 4 members (excludes halogenated alkanes) is 2. The lowest BCUT2D eigenvalue weighted by atomic mass is 10.2. The molecule has 2 aromatic rings. The average molecular weight is 352 g/mol. The van der Waals surface area contributed by atoms with E-state index < -0.39 is 0 Å². The van der Waals surface area contributed by atoms with Crippen LogP contribution in [0.15, 0.2) is 36.7 Å². The molecule has 0 spiro atoms. The van der Waals surface area contributed by atoms with Gasteiger partial charge in [-0.3, -0.25) is 9.78 Å². The molecule has 0 radical (unpaired) electrons. The van der Waals surface area contributed by atoms with Gasteiger partial charge in [-0.25, -0.2) is 0 Å². The molecule has 6 heteroatoms. The first-order valence-electron chi connectivity index (χ1n) is 7.55. The molecule has 0 unspecified atom stereocenters. The summed E-state index contributed by atoms with van der Waals surface area (Å²) in [6.07, 6.45) is 6.38. The maximum atomic E-state index is 12.1. The third kappa shape index (κ3) is 5.41. The molecule has 0 atom stereocenters. The van der Waals surface area contributed by atoms with Crippen LogP contribution in [0, 0.1) is 0 Å². The summed E-state index contributed by atoms with van der Waals surface area (Å²) in [7, 11) is 0. The summed E-state index contributed by atoms with van der Waals surface area (Å²) in [5, 5.41) is 7.14. The molecule has 0 aliphatic heterocycles. The molecular weight excluding hydrogens is 333 g/mol. The number of aromatic nitrogens is 1. The number of hydrogen-bond donors (Lipinski definition) is 2. The molecular formula is C17H19Cl2N3O. The number of anilines is 2. The van der Waals surface area contributed by atoms with E-state index in [1.54, 1.807) is 36.7 Å². The van der Waals surface area contributed by atoms with Gasteiger partial charge in [-0.05, 0) is 30.7 Å². The summed E-state index contributed by atoms with van der Waals surface area (Å²) >= 11 is 12.1. The molecule has 23 heavy (non-hydrogen) atoms. The Morgan fingerprint density at radius 3 is 2.78 bits per heavy atom. The fourth-order valence-electron chi connectivity index (χ4n) is 2.06. The van der Waals surface area contributed by atoms with Gasteiger partial charge in [0.25, 0.3) is 5.91 Å². The van der Waals surface area contributed by atoms with Crippen molar-refractivity contribution in [1.29, 1.82) is 0 Å². The highest BCUT2D eigenvalue weighted by Crippen LogP contribution is 2.28. The second-order valence-corrected chi connectivity index (χ2v) is 6.02. The van der Waals surface area contributed by atoms with E-state index in [-0.39, 0.29) is 5.91 Å². The third-order valence-corrected chi connectivity index (χ3v) is 3.84. The lowest BCUT2D eigenvalue weighted by Crippen LogP contribution is -2.24. The van der Waals surface area contributed by atoms with Crippen LogP contribution in [-0.4, -0.2) is 17.4 Å². The quantitative estimate of drug-likeness (QED) is 0.686. The number of halogens is 2. The molecule has 2 rings (SSSR count). The van der Waals surface area contributed by atoms with Crippen molar-refractivity contribution < 1.29 is 4.79 Å². The summed E-state index contributed by atoms with van der Waals surface area (Å²) in [6.45, 7) is 2.80. The molecule has 0 aliphatic carbocycles. The van der Waals surface area contributed by atoms with E-state index in [1.165, 1.54) is 0 Å². The topological polar surface area (TPSA) is 54.0 Å². The van der Waals surface area contributed by atoms with Crippen molar-refractivity contribution in [2.24, 2.45) is 0 Å². The zero-order valence-corrected chi connectivity index (χ0v) is 14.4. The van der Waals surface area contributed by atoms with Gasteiger partial charge in [0.15, 0.2) is 0 Å². The first kappa shape index (κ1) is 17.6. The highest BCUT2D eigenvalue weighted by atomic mass is 35.5. The molecule has 0 fully saturated rings. The number of nitrogens with zero attached hydrogens (tertiary/aromatic N) is 1. The van der Waals surface area contributed by atoms with Crippen LogP contribution in [-0.2, 0) is 0 Å². The van der Waals surface area contributed by atoms with Crippen LogP contribution in [0.5, 0.6) is 0 Å². The van der Waals surface area contributed by atoms with Gasteiger partial charge >= 0.3 is 0 Å². The summed E-state index contributed by atoms with van der Waals surface area (Å²) in [4.78, 5) is 16.2. The largest absolute Gasteiger partial charge is 0.353 e. The van der Waals surface area contributed by atoms with E-state index in [0.29, 0.717) is 33.5 Å². The predicted molar refractivity (Wildman–Crippen MR) is 95.8 cm³/mol. The third-order valence-electron chi connectivity index (χ3n) is 3.27. The first-order chi connectivity index (χ1) is 11.1. The van der Waals surface area contributed by atoms with Crippen LogP contribution in [0.25, 0.3) is 0 Å². The lowest BCUT2D eigenvalue weighted by Gasteiger charge is -2.10. The van der Waals surface area contributed by atoms with Gasteiger partial charge in [-0.1, -0.05) is 43.0 Å². The van der Waals surface area contributed by atoms with Crippen LogP contribution < -0.4 is 10.6 Å². The number of carbonyl (C=O) groups is 1. The normalized spacial score (nSPS) is 10.4. The van der Waals surface area contributed by atoms with Crippen LogP contribution in [0.2, 0.25) is 10.0 Å². The minimum absolute atomic E-state index is 0.130. The molecule has 4 nitrogen and oxygen atoms in total. The van der Waals surface area contributed by atoms with Gasteiger partial charge < -0.3 is 10.6 Å². The minimum Gasteiger partial charge on any atom is -0.353 e. The Morgan fingerprint density at radius 1 is 1.17 bits per heavy atom. The standard InChI is InChI=1S/C17H19Cl2N3O/c1-2-3-4-7-21-17(23)12-8-14(11-20-10-12)22-16-9-13(18)5-6-15(16)19/h5-6,8-11,22H,2-4,7H2,1H3,(H,21,23). The number of hydrogen-bond acceptors (Lipinski definition) is 3. The van der Waals surface area contributed by atoms with E-state index in [9.17, 15) is 4.79 Å². The van der Waals surface area contributed by atoms with Gasteiger partial charge in [0.2, 0.25) is 0 Å². The highest BCUT2D eigenvalue weighted by molar-refractivity contribution is 6.35. The smallest absolute Gasteiger partial charge is 0.252 e. The molecule has 0 saturated heterocycles. The van der Waals surface area contributed by atoms with E-state index in [2.05, 4.69) is 22.5 Å². The zero-order valence-electron chi connectivity index (χ0n) is 12.9. The Balaban J connectivity index is 2.04. The highest BCUT2D eigenvalue weighted by Gasteiger charge is 2.08. The maximum Gasteiger partial charge on any atom is 0.252 e. The van der Waals surface area contributed by atoms with Crippen LogP contribution in [0.3, 0.4) is 0 Å². The van der Waals surface area contributed by atoms with E-state index in [4.69, 9.17) is 23.2 Å². The maximum absolute atomic E-state index is 12.1. The van der Waals surface area contributed by atoms with Crippen molar-refractivity contribution in [3.8, 4) is 0 Å². The molecule has 0 saturated carbocycles. The van der Waals surface area contributed by atoms with E-state index in [0.717, 1.165) is 19.3 Å². The van der Waals surface area contributed by atoms with E-state index in [1.807, 2.05) is 0 Å². The fraction of sp³-hybridized carbons (Fsp3) is 0.294. The minimum atomic E-state index is -0.130. The van der Waals surface area contributed by atoms with Crippen molar-refractivity contribution in [2.75, 3.05) is 11.9 Å². The first-order valence-corrected chi connectivity index (χ1v) is 8.31. The number of benzene rings is 1. The van der Waals surface area contributed by atoms with Crippen molar-refractivity contribution in [3.05, 3.63) is 52.3 Å². The van der Waals surface area contributed by atoms with Gasteiger partial charge in [0.1, 0.15) is 0 Å². The number of rotatable bonds is 7. The summed E-state index contributed by atoms with van der Waals surface area (Å²) in [6, 6.07) is 6.89. The monoisotopic (exact) mass is 351 g/mol. The van der Waals surface area contributed by atoms with E-state index >= 15 is 0 Å². The Labute approximate surface area is 146 Å². The molecule has 1 aromatic heterocycles. The predicted octanol–water partition coefficient (Wildman–Crippen LogP) is 5.05. The van der Waals surface area contributed by atoms with Gasteiger partial charge in [0, 0.05) is 17.8 Å². The molecule has 1 aromatic carbocycles. The zero-order chi connectivity index (χ0) is 16.7. The van der Waals surface area contributed by atoms with Crippen LogP contribution in [0.4, 0.5) is 11.4 Å². The molecule has 2 N–H and O–H groups in total. The van der Waals surface area contributed by atoms with Crippen molar-refractivity contribution in [3.63, 3.8) is 0 Å². The van der Waals surface area contributed by atoms with Crippen molar-refractivity contribution >= 4 is 40.5 Å².